The average molecular weight is 491 g/mol. The fraction of sp³-hybridized carbons (Fsp3) is 0.174. The Morgan fingerprint density at radius 1 is 1.09 bits per heavy atom. The van der Waals surface area contributed by atoms with Crippen molar-refractivity contribution in [1.29, 1.82) is 0 Å². The zero-order valence-corrected chi connectivity index (χ0v) is 18.2. The first kappa shape index (κ1) is 25.1. The lowest BCUT2D eigenvalue weighted by atomic mass is 9.98. The minimum Gasteiger partial charge on any atom is -0.505 e. The number of carboxylic acids is 1. The summed E-state index contributed by atoms with van der Waals surface area (Å²) in [4.78, 5) is 36.1. The van der Waals surface area contributed by atoms with Crippen LogP contribution in [0.5, 0.6) is 11.5 Å². The zero-order chi connectivity index (χ0) is 25.8. The van der Waals surface area contributed by atoms with Crippen LogP contribution < -0.4 is 20.9 Å². The van der Waals surface area contributed by atoms with E-state index in [0.29, 0.717) is 16.7 Å². The van der Waals surface area contributed by atoms with Crippen LogP contribution in [0, 0.1) is 0 Å². The third kappa shape index (κ3) is 6.76. The Balaban J connectivity index is 1.83. The Hall–Kier alpha value is -4.48. The number of aliphatic carboxylic acids is 1. The third-order valence-corrected chi connectivity index (χ3v) is 4.88. The van der Waals surface area contributed by atoms with Crippen LogP contribution in [0.3, 0.4) is 0 Å². The number of anilines is 1. The van der Waals surface area contributed by atoms with E-state index >= 15 is 0 Å². The van der Waals surface area contributed by atoms with E-state index in [1.165, 1.54) is 31.4 Å². The Labute approximate surface area is 196 Å². The third-order valence-electron chi connectivity index (χ3n) is 4.88. The van der Waals surface area contributed by atoms with Crippen molar-refractivity contribution in [2.45, 2.75) is 18.8 Å². The number of nitrogens with one attached hydrogen (secondary N) is 2. The lowest BCUT2D eigenvalue weighted by molar-refractivity contribution is -0.274. The molecule has 12 heteroatoms. The molecule has 0 aliphatic carbocycles. The second-order valence-corrected chi connectivity index (χ2v) is 7.44. The molecular weight excluding hydrogens is 471 g/mol. The Morgan fingerprint density at radius 2 is 1.77 bits per heavy atom. The molecule has 1 aromatic heterocycles. The number of carbonyl (C=O) groups excluding carboxylic acids is 1. The molecule has 2 aromatic carbocycles. The highest BCUT2D eigenvalue weighted by Crippen LogP contribution is 2.29. The average Bonchev–Trinajstić information content (AvgIpc) is 2.78. The van der Waals surface area contributed by atoms with Gasteiger partial charge in [0.1, 0.15) is 11.5 Å². The zero-order valence-electron chi connectivity index (χ0n) is 18.2. The summed E-state index contributed by atoms with van der Waals surface area (Å²) in [6.07, 6.45) is -4.02. The number of ether oxygens (including phenoxy) is 1. The molecule has 1 heterocycles. The molecule has 0 saturated carbocycles. The Bertz CT molecular complexity index is 1290. The van der Waals surface area contributed by atoms with Gasteiger partial charge in [-0.3, -0.25) is 9.59 Å². The summed E-state index contributed by atoms with van der Waals surface area (Å²) in [7, 11) is 1.42. The van der Waals surface area contributed by atoms with Crippen LogP contribution in [0.15, 0.2) is 65.6 Å². The van der Waals surface area contributed by atoms with E-state index in [9.17, 15) is 37.8 Å². The maximum Gasteiger partial charge on any atom is 0.573 e. The van der Waals surface area contributed by atoms with Gasteiger partial charge in [-0.2, -0.15) is 0 Å². The number of nitrogens with zero attached hydrogens (tertiary/aromatic N) is 1. The molecule has 0 saturated heterocycles. The lowest BCUT2D eigenvalue weighted by Gasteiger charge is -2.19. The number of pyridine rings is 1. The number of halogens is 3. The minimum absolute atomic E-state index is 0.378. The van der Waals surface area contributed by atoms with E-state index in [2.05, 4.69) is 15.4 Å². The number of hydrogen-bond donors (Lipinski definition) is 4. The van der Waals surface area contributed by atoms with Crippen molar-refractivity contribution in [3.63, 3.8) is 0 Å². The van der Waals surface area contributed by atoms with E-state index in [1.807, 2.05) is 0 Å². The van der Waals surface area contributed by atoms with E-state index in [0.717, 1.165) is 16.7 Å². The van der Waals surface area contributed by atoms with Gasteiger partial charge in [-0.1, -0.05) is 30.3 Å². The first-order valence-corrected chi connectivity index (χ1v) is 10.1. The number of alkyl halides is 3. The second-order valence-electron chi connectivity index (χ2n) is 7.44. The van der Waals surface area contributed by atoms with Gasteiger partial charge in [0.2, 0.25) is 0 Å². The van der Waals surface area contributed by atoms with Gasteiger partial charge in [-0.25, -0.2) is 4.79 Å². The van der Waals surface area contributed by atoms with Crippen molar-refractivity contribution in [3.8, 4) is 22.6 Å². The monoisotopic (exact) mass is 491 g/mol. The van der Waals surface area contributed by atoms with E-state index in [1.54, 1.807) is 24.3 Å². The van der Waals surface area contributed by atoms with E-state index in [4.69, 9.17) is 0 Å². The number of benzene rings is 2. The largest absolute Gasteiger partial charge is 0.573 e. The van der Waals surface area contributed by atoms with E-state index in [-0.39, 0.29) is 5.69 Å². The van der Waals surface area contributed by atoms with Crippen LogP contribution in [-0.2, 0) is 11.8 Å². The number of amides is 2. The predicted octanol–water partition coefficient (Wildman–Crippen LogP) is 3.99. The highest BCUT2D eigenvalue weighted by molar-refractivity contribution is 5.91. The van der Waals surface area contributed by atoms with Gasteiger partial charge in [0.15, 0.2) is 5.69 Å². The summed E-state index contributed by atoms with van der Waals surface area (Å²) in [6, 6.07) is 10.7. The van der Waals surface area contributed by atoms with Crippen LogP contribution in [0.2, 0.25) is 0 Å². The maximum atomic E-state index is 12.5. The fourth-order valence-corrected chi connectivity index (χ4v) is 3.26. The van der Waals surface area contributed by atoms with Crippen molar-refractivity contribution in [2.75, 3.05) is 5.32 Å². The molecule has 9 nitrogen and oxygen atoms in total. The van der Waals surface area contributed by atoms with Crippen molar-refractivity contribution in [1.82, 2.24) is 9.88 Å². The number of rotatable bonds is 7. The molecule has 0 aliphatic heterocycles. The smallest absolute Gasteiger partial charge is 0.505 e. The van der Waals surface area contributed by atoms with Crippen LogP contribution in [0.25, 0.3) is 11.1 Å². The summed E-state index contributed by atoms with van der Waals surface area (Å²) in [5.74, 6) is -2.07. The number of urea groups is 1. The second kappa shape index (κ2) is 10.2. The van der Waals surface area contributed by atoms with Crippen molar-refractivity contribution < 1.29 is 37.7 Å². The maximum absolute atomic E-state index is 12.5. The SMILES string of the molecule is Cn1ccc(O)c(NC(=O)NC(CC(=O)O)c2cccc(-c3ccc(OC(F)(F)F)cc3)c2)c1=O. The van der Waals surface area contributed by atoms with Gasteiger partial charge in [0, 0.05) is 13.2 Å². The quantitative estimate of drug-likeness (QED) is 0.396. The molecule has 1 unspecified atom stereocenters. The molecule has 4 N–H and O–H groups in total. The molecule has 2 amide bonds. The van der Waals surface area contributed by atoms with Crippen LogP contribution in [0.1, 0.15) is 18.0 Å². The van der Waals surface area contributed by atoms with E-state index < -0.39 is 47.9 Å². The Kier molecular flexibility index (Phi) is 7.33. The molecule has 0 radical (unpaired) electrons. The molecule has 35 heavy (non-hydrogen) atoms. The topological polar surface area (TPSA) is 130 Å². The van der Waals surface area contributed by atoms with Crippen molar-refractivity contribution in [3.05, 3.63) is 76.7 Å². The predicted molar refractivity (Wildman–Crippen MR) is 119 cm³/mol. The van der Waals surface area contributed by atoms with Gasteiger partial charge in [-0.15, -0.1) is 13.2 Å². The van der Waals surface area contributed by atoms with Gasteiger partial charge in [-0.05, 0) is 41.0 Å². The fourth-order valence-electron chi connectivity index (χ4n) is 3.26. The molecule has 0 bridgehead atoms. The summed E-state index contributed by atoms with van der Waals surface area (Å²) in [5, 5.41) is 23.9. The molecular formula is C23H20F3N3O6. The highest BCUT2D eigenvalue weighted by Gasteiger charge is 2.31. The number of hydrogen-bond acceptors (Lipinski definition) is 5. The first-order valence-electron chi connectivity index (χ1n) is 10.1. The van der Waals surface area contributed by atoms with Gasteiger partial charge in [0.05, 0.1) is 12.5 Å². The molecule has 0 spiro atoms. The number of aromatic hydroxyl groups is 1. The number of carboxylic acid groups (broad SMARTS) is 1. The highest BCUT2D eigenvalue weighted by atomic mass is 19.4. The van der Waals surface area contributed by atoms with Crippen LogP contribution in [0.4, 0.5) is 23.7 Å². The van der Waals surface area contributed by atoms with Crippen molar-refractivity contribution >= 4 is 17.7 Å². The summed E-state index contributed by atoms with van der Waals surface area (Å²) >= 11 is 0. The molecule has 3 rings (SSSR count). The van der Waals surface area contributed by atoms with Gasteiger partial charge >= 0.3 is 18.4 Å². The number of aryl methyl sites for hydroxylation is 1. The van der Waals surface area contributed by atoms with Crippen LogP contribution >= 0.6 is 0 Å². The number of aromatic nitrogens is 1. The summed E-state index contributed by atoms with van der Waals surface area (Å²) < 4.78 is 42.1. The first-order chi connectivity index (χ1) is 16.4. The standard InChI is InChI=1S/C23H20F3N3O6/c1-29-10-9-18(30)20(21(29)33)28-22(34)27-17(12-19(31)32)15-4-2-3-14(11-15)13-5-7-16(8-6-13)35-23(24,25)26/h2-11,17,30H,12H2,1H3,(H,31,32)(H2,27,28,34). The molecule has 1 atom stereocenters. The van der Waals surface area contributed by atoms with Gasteiger partial charge in [0.25, 0.3) is 5.56 Å². The normalized spacial score (nSPS) is 12.0. The summed E-state index contributed by atoms with van der Waals surface area (Å²) in [6.45, 7) is 0. The van der Waals surface area contributed by atoms with Gasteiger partial charge < -0.3 is 30.2 Å². The number of carbonyl (C=O) groups is 2. The van der Waals surface area contributed by atoms with Crippen molar-refractivity contribution in [2.24, 2.45) is 7.05 Å². The van der Waals surface area contributed by atoms with Crippen LogP contribution in [-0.4, -0.2) is 33.1 Å². The summed E-state index contributed by atoms with van der Waals surface area (Å²) in [5.41, 5.74) is 0.415. The molecule has 0 fully saturated rings. The Morgan fingerprint density at radius 3 is 2.40 bits per heavy atom. The molecule has 184 valence electrons. The molecule has 0 aliphatic rings. The minimum atomic E-state index is -4.82. The lowest BCUT2D eigenvalue weighted by Crippen LogP contribution is -2.35. The molecule has 3 aromatic rings.